The number of fused-ring (bicyclic) bond motifs is 1. The molecule has 1 heterocycles. The fourth-order valence-corrected chi connectivity index (χ4v) is 1.36. The Kier molecular flexibility index (Phi) is 1.69. The highest BCUT2D eigenvalue weighted by Crippen LogP contribution is 2.15. The van der Waals surface area contributed by atoms with Gasteiger partial charge in [0, 0.05) is 16.5 Å². The average Bonchev–Trinajstić information content (AvgIpc) is 2.27. The molecule has 0 amide bonds. The molecule has 15 heavy (non-hydrogen) atoms. The molecule has 1 aromatic carbocycles. The molecule has 0 aliphatic heterocycles. The lowest BCUT2D eigenvalue weighted by molar-refractivity contribution is 0.0691. The van der Waals surface area contributed by atoms with Crippen molar-refractivity contribution in [3.05, 3.63) is 45.2 Å². The Morgan fingerprint density at radius 2 is 2.33 bits per heavy atom. The molecule has 0 saturated carbocycles. The van der Waals surface area contributed by atoms with Crippen molar-refractivity contribution in [3.8, 4) is 0 Å². The van der Waals surface area contributed by atoms with Crippen LogP contribution in [0.15, 0.2) is 29.0 Å². The summed E-state index contributed by atoms with van der Waals surface area (Å²) in [5.41, 5.74) is -0.851. The Bertz CT molecular complexity index is 696. The van der Waals surface area contributed by atoms with Gasteiger partial charge in [-0.15, -0.1) is 0 Å². The zero-order valence-corrected chi connectivity index (χ0v) is 8.05. The molecule has 0 bridgehead atoms. The summed E-state index contributed by atoms with van der Waals surface area (Å²) in [6.45, 7) is 0. The van der Waals surface area contributed by atoms with Crippen molar-refractivity contribution in [1.82, 2.24) is 4.98 Å². The SMILES string of the molecule is [2H]c1cc2c(=O)cc(C(=O)O)[nH]c2c([2H])c1Cl. The number of hydrogen-bond donors (Lipinski definition) is 2. The molecule has 4 nitrogen and oxygen atoms in total. The van der Waals surface area contributed by atoms with Gasteiger partial charge in [0.15, 0.2) is 5.43 Å². The molecule has 0 radical (unpaired) electrons. The van der Waals surface area contributed by atoms with Crippen molar-refractivity contribution in [1.29, 1.82) is 0 Å². The summed E-state index contributed by atoms with van der Waals surface area (Å²) in [4.78, 5) is 24.8. The van der Waals surface area contributed by atoms with Crippen LogP contribution in [-0.4, -0.2) is 16.1 Å². The van der Waals surface area contributed by atoms with Crippen molar-refractivity contribution >= 4 is 28.5 Å². The van der Waals surface area contributed by atoms with E-state index in [1.807, 2.05) is 0 Å². The predicted molar refractivity (Wildman–Crippen MR) is 56.5 cm³/mol. The van der Waals surface area contributed by atoms with Gasteiger partial charge in [0.05, 0.1) is 8.26 Å². The number of aromatic amines is 1. The maximum Gasteiger partial charge on any atom is 0.352 e. The second kappa shape index (κ2) is 3.40. The molecular formula is C10H6ClNO3. The van der Waals surface area contributed by atoms with Crippen LogP contribution >= 0.6 is 11.6 Å². The smallest absolute Gasteiger partial charge is 0.352 e. The van der Waals surface area contributed by atoms with Crippen LogP contribution in [0.2, 0.25) is 5.02 Å². The number of pyridine rings is 1. The molecule has 1 aromatic heterocycles. The standard InChI is InChI=1S/C10H6ClNO3/c11-5-1-2-6-7(3-5)12-8(10(14)15)4-9(6)13/h1-4H,(H,12,13)(H,14,15)/i1D,3D. The largest absolute Gasteiger partial charge is 0.477 e. The molecule has 2 rings (SSSR count). The monoisotopic (exact) mass is 225 g/mol. The lowest BCUT2D eigenvalue weighted by Crippen LogP contribution is -2.09. The van der Waals surface area contributed by atoms with Gasteiger partial charge in [-0.05, 0) is 18.2 Å². The topological polar surface area (TPSA) is 70.2 Å². The molecule has 0 aliphatic rings. The molecule has 0 aliphatic carbocycles. The number of halogens is 1. The molecule has 2 aromatic rings. The molecule has 0 atom stereocenters. The van der Waals surface area contributed by atoms with Gasteiger partial charge in [-0.25, -0.2) is 4.79 Å². The van der Waals surface area contributed by atoms with E-state index in [1.54, 1.807) is 0 Å². The van der Waals surface area contributed by atoms with E-state index in [0.717, 1.165) is 6.07 Å². The Hall–Kier alpha value is -1.81. The number of aromatic carboxylic acids is 1. The lowest BCUT2D eigenvalue weighted by atomic mass is 10.2. The normalized spacial score (nSPS) is 12.3. The molecule has 2 N–H and O–H groups in total. The lowest BCUT2D eigenvalue weighted by Gasteiger charge is -2.00. The first kappa shape index (κ1) is 7.48. The van der Waals surface area contributed by atoms with E-state index < -0.39 is 11.4 Å². The van der Waals surface area contributed by atoms with Crippen molar-refractivity contribution < 1.29 is 12.6 Å². The summed E-state index contributed by atoms with van der Waals surface area (Å²) < 4.78 is 15.1. The molecule has 0 fully saturated rings. The van der Waals surface area contributed by atoms with E-state index in [-0.39, 0.29) is 33.7 Å². The first-order chi connectivity index (χ1) is 7.91. The maximum absolute atomic E-state index is 11.6. The van der Waals surface area contributed by atoms with Gasteiger partial charge >= 0.3 is 5.97 Å². The highest BCUT2D eigenvalue weighted by Gasteiger charge is 2.07. The van der Waals surface area contributed by atoms with Crippen LogP contribution < -0.4 is 5.43 Å². The summed E-state index contributed by atoms with van der Waals surface area (Å²) in [7, 11) is 0. The van der Waals surface area contributed by atoms with Crippen molar-refractivity contribution in [3.63, 3.8) is 0 Å². The van der Waals surface area contributed by atoms with Gasteiger partial charge in [-0.3, -0.25) is 4.79 Å². The first-order valence-corrected chi connectivity index (χ1v) is 4.35. The first-order valence-electron chi connectivity index (χ1n) is 4.98. The number of aromatic nitrogens is 1. The Morgan fingerprint density at radius 1 is 1.60 bits per heavy atom. The molecule has 0 saturated heterocycles. The number of carboxylic acids is 1. The van der Waals surface area contributed by atoms with Crippen LogP contribution in [0.25, 0.3) is 10.9 Å². The molecule has 0 spiro atoms. The van der Waals surface area contributed by atoms with E-state index in [4.69, 9.17) is 19.4 Å². The Labute approximate surface area is 91.9 Å². The summed E-state index contributed by atoms with van der Waals surface area (Å²) >= 11 is 5.70. The van der Waals surface area contributed by atoms with Crippen molar-refractivity contribution in [2.24, 2.45) is 0 Å². The number of hydrogen-bond acceptors (Lipinski definition) is 2. The Morgan fingerprint density at radius 3 is 3.00 bits per heavy atom. The zero-order chi connectivity index (χ0) is 12.7. The van der Waals surface area contributed by atoms with Gasteiger partial charge in [0.2, 0.25) is 0 Å². The summed E-state index contributed by atoms with van der Waals surface area (Å²) in [5, 5.41) is 8.73. The molecule has 5 heteroatoms. The van der Waals surface area contributed by atoms with Crippen LogP contribution in [0.4, 0.5) is 0 Å². The number of H-pyrrole nitrogens is 1. The van der Waals surface area contributed by atoms with Crippen LogP contribution in [0.1, 0.15) is 13.2 Å². The third kappa shape index (κ3) is 1.71. The second-order valence-corrected chi connectivity index (χ2v) is 3.25. The summed E-state index contributed by atoms with van der Waals surface area (Å²) in [6, 6.07) is 1.73. The fourth-order valence-electron chi connectivity index (χ4n) is 1.21. The number of rotatable bonds is 1. The minimum Gasteiger partial charge on any atom is -0.477 e. The van der Waals surface area contributed by atoms with Crippen LogP contribution in [0.5, 0.6) is 0 Å². The van der Waals surface area contributed by atoms with Gasteiger partial charge in [0.25, 0.3) is 0 Å². The van der Waals surface area contributed by atoms with E-state index in [1.165, 1.54) is 6.07 Å². The third-order valence-electron chi connectivity index (χ3n) is 1.88. The highest BCUT2D eigenvalue weighted by molar-refractivity contribution is 6.31. The number of carboxylic acid groups (broad SMARTS) is 1. The van der Waals surface area contributed by atoms with Crippen molar-refractivity contribution in [2.45, 2.75) is 0 Å². The van der Waals surface area contributed by atoms with E-state index in [0.29, 0.717) is 0 Å². The molecule has 76 valence electrons. The maximum atomic E-state index is 11.6. The number of benzene rings is 1. The van der Waals surface area contributed by atoms with Crippen molar-refractivity contribution in [2.75, 3.05) is 0 Å². The van der Waals surface area contributed by atoms with Crippen LogP contribution in [0, 0.1) is 0 Å². The van der Waals surface area contributed by atoms with Gasteiger partial charge in [-0.2, -0.15) is 0 Å². The zero-order valence-electron chi connectivity index (χ0n) is 9.30. The predicted octanol–water partition coefficient (Wildman–Crippen LogP) is 1.88. The highest BCUT2D eigenvalue weighted by atomic mass is 35.5. The van der Waals surface area contributed by atoms with E-state index >= 15 is 0 Å². The van der Waals surface area contributed by atoms with Gasteiger partial charge in [0.1, 0.15) is 5.69 Å². The number of carbonyl (C=O) groups is 1. The number of nitrogens with one attached hydrogen (secondary N) is 1. The van der Waals surface area contributed by atoms with E-state index in [2.05, 4.69) is 4.98 Å². The Balaban J connectivity index is 2.98. The quantitative estimate of drug-likeness (QED) is 0.779. The molecular weight excluding hydrogens is 218 g/mol. The average molecular weight is 226 g/mol. The van der Waals surface area contributed by atoms with Crippen LogP contribution in [0.3, 0.4) is 0 Å². The van der Waals surface area contributed by atoms with Gasteiger partial charge in [-0.1, -0.05) is 11.6 Å². The minimum absolute atomic E-state index is 0.0240. The second-order valence-electron chi connectivity index (χ2n) is 2.87. The fraction of sp³-hybridized carbons (Fsp3) is 0. The van der Waals surface area contributed by atoms with Gasteiger partial charge < -0.3 is 10.1 Å². The van der Waals surface area contributed by atoms with E-state index in [9.17, 15) is 9.59 Å². The summed E-state index contributed by atoms with van der Waals surface area (Å²) in [5.74, 6) is -1.30. The minimum atomic E-state index is -1.30. The third-order valence-corrected chi connectivity index (χ3v) is 2.08. The van der Waals surface area contributed by atoms with Crippen LogP contribution in [-0.2, 0) is 0 Å². The molecule has 0 unspecified atom stereocenters. The summed E-state index contributed by atoms with van der Waals surface area (Å²) in [6.07, 6.45) is 0.